The van der Waals surface area contributed by atoms with Crippen LogP contribution in [0.25, 0.3) is 0 Å². The van der Waals surface area contributed by atoms with Gasteiger partial charge in [0.1, 0.15) is 10.4 Å². The number of thiocarbonyl (C=S) groups is 1. The molecule has 2 unspecified atom stereocenters. The fourth-order valence-electron chi connectivity index (χ4n) is 0.323. The number of aliphatic hydroxyl groups excluding tert-OH is 3. The molecule has 0 heterocycles. The molecule has 0 spiro atoms. The summed E-state index contributed by atoms with van der Waals surface area (Å²) in [6.07, 6.45) is -2.49. The SMILES string of the molecule is OCC(O)C(O)NC(=S)S. The van der Waals surface area contributed by atoms with Crippen molar-refractivity contribution in [1.82, 2.24) is 5.32 Å². The molecule has 0 aliphatic heterocycles. The van der Waals surface area contributed by atoms with Crippen LogP contribution in [0, 0.1) is 0 Å². The number of nitrogens with one attached hydrogen (secondary N) is 1. The molecule has 60 valence electrons. The minimum absolute atomic E-state index is 0.0694. The van der Waals surface area contributed by atoms with Gasteiger partial charge in [0.25, 0.3) is 0 Å². The van der Waals surface area contributed by atoms with Crippen LogP contribution in [0.15, 0.2) is 0 Å². The Labute approximate surface area is 69.3 Å². The normalized spacial score (nSPS) is 16.0. The number of hydrogen-bond acceptors (Lipinski definition) is 4. The van der Waals surface area contributed by atoms with Gasteiger partial charge in [0, 0.05) is 0 Å². The van der Waals surface area contributed by atoms with E-state index in [9.17, 15) is 0 Å². The molecule has 0 saturated heterocycles. The van der Waals surface area contributed by atoms with Crippen molar-refractivity contribution in [3.8, 4) is 0 Å². The molecule has 0 amide bonds. The molecule has 0 aliphatic rings. The van der Waals surface area contributed by atoms with Crippen molar-refractivity contribution in [2.75, 3.05) is 6.61 Å². The lowest BCUT2D eigenvalue weighted by Crippen LogP contribution is -2.42. The second-order valence-electron chi connectivity index (χ2n) is 1.64. The van der Waals surface area contributed by atoms with Crippen LogP contribution in [0.5, 0.6) is 0 Å². The first-order chi connectivity index (χ1) is 4.57. The summed E-state index contributed by atoms with van der Waals surface area (Å²) in [6, 6.07) is 0. The highest BCUT2D eigenvalue weighted by atomic mass is 32.1. The Bertz CT molecular complexity index is 121. The highest BCUT2D eigenvalue weighted by Gasteiger charge is 2.13. The first-order valence-electron chi connectivity index (χ1n) is 2.54. The van der Waals surface area contributed by atoms with Gasteiger partial charge in [0.15, 0.2) is 6.23 Å². The van der Waals surface area contributed by atoms with Crippen LogP contribution in [-0.4, -0.2) is 38.6 Å². The largest absolute Gasteiger partial charge is 0.394 e. The Morgan fingerprint density at radius 1 is 1.60 bits per heavy atom. The standard InChI is InChI=1S/C4H9NO3S2/c6-1-2(7)3(8)5-4(9)10/h2-3,6-8H,1H2,(H2,5,9,10). The summed E-state index contributed by atoms with van der Waals surface area (Å²) in [5, 5.41) is 28.1. The minimum atomic E-state index is -1.25. The van der Waals surface area contributed by atoms with E-state index < -0.39 is 18.9 Å². The number of hydrogen-bond donors (Lipinski definition) is 5. The van der Waals surface area contributed by atoms with Crippen molar-refractivity contribution in [1.29, 1.82) is 0 Å². The zero-order valence-electron chi connectivity index (χ0n) is 5.06. The quantitative estimate of drug-likeness (QED) is 0.208. The third-order valence-electron chi connectivity index (χ3n) is 0.823. The zero-order valence-corrected chi connectivity index (χ0v) is 6.77. The molecule has 0 aliphatic carbocycles. The van der Waals surface area contributed by atoms with Crippen LogP contribution in [0.3, 0.4) is 0 Å². The third kappa shape index (κ3) is 4.02. The van der Waals surface area contributed by atoms with Crippen molar-refractivity contribution in [3.05, 3.63) is 0 Å². The average molecular weight is 183 g/mol. The number of rotatable bonds is 3. The molecule has 0 radical (unpaired) electrons. The molecule has 4 nitrogen and oxygen atoms in total. The second kappa shape index (κ2) is 4.86. The van der Waals surface area contributed by atoms with Crippen molar-refractivity contribution >= 4 is 29.2 Å². The van der Waals surface area contributed by atoms with Gasteiger partial charge in [-0.25, -0.2) is 0 Å². The van der Waals surface area contributed by atoms with Crippen LogP contribution in [-0.2, 0) is 0 Å². The average Bonchev–Trinajstić information content (AvgIpc) is 1.85. The molecule has 10 heavy (non-hydrogen) atoms. The van der Waals surface area contributed by atoms with Crippen LogP contribution in [0.1, 0.15) is 0 Å². The first-order valence-corrected chi connectivity index (χ1v) is 3.40. The van der Waals surface area contributed by atoms with E-state index in [0.29, 0.717) is 0 Å². The monoisotopic (exact) mass is 183 g/mol. The highest BCUT2D eigenvalue weighted by Crippen LogP contribution is 1.89. The van der Waals surface area contributed by atoms with Gasteiger partial charge >= 0.3 is 0 Å². The zero-order chi connectivity index (χ0) is 8.15. The topological polar surface area (TPSA) is 72.7 Å². The Morgan fingerprint density at radius 2 is 2.10 bits per heavy atom. The Morgan fingerprint density at radius 3 is 2.40 bits per heavy atom. The molecule has 0 rings (SSSR count). The smallest absolute Gasteiger partial charge is 0.153 e. The van der Waals surface area contributed by atoms with Crippen molar-refractivity contribution < 1.29 is 15.3 Å². The van der Waals surface area contributed by atoms with Gasteiger partial charge in [-0.3, -0.25) is 0 Å². The van der Waals surface area contributed by atoms with Crippen LogP contribution in [0.2, 0.25) is 0 Å². The lowest BCUT2D eigenvalue weighted by molar-refractivity contribution is -0.0202. The van der Waals surface area contributed by atoms with E-state index in [0.717, 1.165) is 0 Å². The van der Waals surface area contributed by atoms with E-state index in [1.54, 1.807) is 0 Å². The molecule has 0 aromatic rings. The Hall–Kier alpha value is 0.120. The molecule has 4 N–H and O–H groups in total. The Kier molecular flexibility index (Phi) is 4.92. The second-order valence-corrected chi connectivity index (χ2v) is 2.80. The predicted molar refractivity (Wildman–Crippen MR) is 43.8 cm³/mol. The summed E-state index contributed by atoms with van der Waals surface area (Å²) in [5.41, 5.74) is 0. The summed E-state index contributed by atoms with van der Waals surface area (Å²) in [5.74, 6) is 0. The fourth-order valence-corrected chi connectivity index (χ4v) is 0.576. The van der Waals surface area contributed by atoms with Crippen molar-refractivity contribution in [2.45, 2.75) is 12.3 Å². The summed E-state index contributed by atoms with van der Waals surface area (Å²) in [6.45, 7) is -0.523. The molecule has 0 fully saturated rings. The summed E-state index contributed by atoms with van der Waals surface area (Å²) < 4.78 is 0.0694. The Balaban J connectivity index is 3.61. The van der Waals surface area contributed by atoms with Gasteiger partial charge in [-0.05, 0) is 0 Å². The van der Waals surface area contributed by atoms with Gasteiger partial charge in [-0.15, -0.1) is 12.6 Å². The van der Waals surface area contributed by atoms with Crippen LogP contribution in [0.4, 0.5) is 0 Å². The van der Waals surface area contributed by atoms with Gasteiger partial charge < -0.3 is 20.6 Å². The molecule has 0 saturated carbocycles. The molecule has 2 atom stereocenters. The highest BCUT2D eigenvalue weighted by molar-refractivity contribution is 8.11. The predicted octanol–water partition coefficient (Wildman–Crippen LogP) is -1.54. The number of aliphatic hydroxyl groups is 3. The van der Waals surface area contributed by atoms with Crippen molar-refractivity contribution in [3.63, 3.8) is 0 Å². The van der Waals surface area contributed by atoms with Gasteiger partial charge in [-0.2, -0.15) is 0 Å². The van der Waals surface area contributed by atoms with Crippen molar-refractivity contribution in [2.24, 2.45) is 0 Å². The maximum atomic E-state index is 8.83. The molecule has 0 bridgehead atoms. The van der Waals surface area contributed by atoms with E-state index in [1.807, 2.05) is 0 Å². The van der Waals surface area contributed by atoms with Crippen LogP contribution < -0.4 is 5.32 Å². The summed E-state index contributed by atoms with van der Waals surface area (Å²) in [7, 11) is 0. The maximum absolute atomic E-state index is 8.83. The fraction of sp³-hybridized carbons (Fsp3) is 0.750. The van der Waals surface area contributed by atoms with E-state index in [1.165, 1.54) is 0 Å². The lowest BCUT2D eigenvalue weighted by atomic mass is 10.3. The van der Waals surface area contributed by atoms with Gasteiger partial charge in [0.05, 0.1) is 6.61 Å². The third-order valence-corrected chi connectivity index (χ3v) is 1.07. The molecular weight excluding hydrogens is 174 g/mol. The van der Waals surface area contributed by atoms with Gasteiger partial charge in [0.2, 0.25) is 0 Å². The first kappa shape index (κ1) is 10.1. The molecule has 6 heteroatoms. The maximum Gasteiger partial charge on any atom is 0.153 e. The lowest BCUT2D eigenvalue weighted by Gasteiger charge is -2.16. The summed E-state index contributed by atoms with van der Waals surface area (Å²) >= 11 is 8.08. The van der Waals surface area contributed by atoms with Crippen LogP contribution >= 0.6 is 24.8 Å². The minimum Gasteiger partial charge on any atom is -0.394 e. The molecule has 0 aromatic heterocycles. The van der Waals surface area contributed by atoms with Gasteiger partial charge in [-0.1, -0.05) is 12.2 Å². The van der Waals surface area contributed by atoms with E-state index in [2.05, 4.69) is 30.2 Å². The van der Waals surface area contributed by atoms with E-state index in [-0.39, 0.29) is 4.32 Å². The molecular formula is C4H9NO3S2. The molecule has 0 aromatic carbocycles. The number of thiol groups is 1. The van der Waals surface area contributed by atoms with E-state index in [4.69, 9.17) is 15.3 Å². The van der Waals surface area contributed by atoms with E-state index >= 15 is 0 Å². The summed E-state index contributed by atoms with van der Waals surface area (Å²) in [4.78, 5) is 0.